The van der Waals surface area contributed by atoms with Gasteiger partial charge in [0.1, 0.15) is 0 Å². The first kappa shape index (κ1) is 22.3. The van der Waals surface area contributed by atoms with Crippen molar-refractivity contribution in [2.45, 2.75) is 25.9 Å². The van der Waals surface area contributed by atoms with Gasteiger partial charge in [0.15, 0.2) is 0 Å². The maximum atomic E-state index is 12.5. The normalized spacial score (nSPS) is 17.1. The van der Waals surface area contributed by atoms with E-state index in [9.17, 15) is 14.4 Å². The van der Waals surface area contributed by atoms with Gasteiger partial charge in [0.2, 0.25) is 5.91 Å². The van der Waals surface area contributed by atoms with Crippen molar-refractivity contribution in [3.63, 3.8) is 0 Å². The van der Waals surface area contributed by atoms with Crippen molar-refractivity contribution in [3.05, 3.63) is 77.5 Å². The number of para-hydroxylation sites is 1. The van der Waals surface area contributed by atoms with Crippen LogP contribution >= 0.6 is 0 Å². The van der Waals surface area contributed by atoms with Gasteiger partial charge >= 0.3 is 6.03 Å². The van der Waals surface area contributed by atoms with Gasteiger partial charge in [-0.05, 0) is 30.2 Å². The van der Waals surface area contributed by atoms with Crippen LogP contribution in [0.25, 0.3) is 17.0 Å². The van der Waals surface area contributed by atoms with Crippen LogP contribution in [0, 0.1) is 0 Å². The molecule has 1 fully saturated rings. The summed E-state index contributed by atoms with van der Waals surface area (Å²) in [7, 11) is 1.58. The number of aromatic nitrogens is 1. The van der Waals surface area contributed by atoms with E-state index in [-0.39, 0.29) is 17.9 Å². The molecular weight excluding hydrogens is 420 g/mol. The molecule has 1 aromatic heterocycles. The Morgan fingerprint density at radius 3 is 2.52 bits per heavy atom. The van der Waals surface area contributed by atoms with Crippen molar-refractivity contribution in [1.82, 2.24) is 19.8 Å². The number of hydrogen-bond donors (Lipinski definition) is 2. The molecule has 2 aliphatic heterocycles. The average Bonchev–Trinajstić information content (AvgIpc) is 3.19. The highest BCUT2D eigenvalue weighted by molar-refractivity contribution is 6.04. The highest BCUT2D eigenvalue weighted by atomic mass is 16.5. The van der Waals surface area contributed by atoms with E-state index in [4.69, 9.17) is 5.21 Å². The van der Waals surface area contributed by atoms with Crippen molar-refractivity contribution >= 4 is 34.8 Å². The fraction of sp³-hybridized carbons (Fsp3) is 0.240. The molecule has 1 unspecified atom stereocenters. The van der Waals surface area contributed by atoms with Crippen molar-refractivity contribution in [2.24, 2.45) is 0 Å². The summed E-state index contributed by atoms with van der Waals surface area (Å²) >= 11 is 0. The third-order valence-corrected chi connectivity index (χ3v) is 6.05. The van der Waals surface area contributed by atoms with E-state index < -0.39 is 5.91 Å². The molecule has 1 saturated heterocycles. The fourth-order valence-corrected chi connectivity index (χ4v) is 4.52. The minimum absolute atomic E-state index is 0.0868. The maximum absolute atomic E-state index is 12.5. The molecule has 2 N–H and O–H groups in total. The number of aryl methyl sites for hydroxylation is 1. The molecule has 4 amide bonds. The van der Waals surface area contributed by atoms with E-state index in [1.54, 1.807) is 18.0 Å². The van der Waals surface area contributed by atoms with Gasteiger partial charge in [0.05, 0.1) is 12.5 Å². The van der Waals surface area contributed by atoms with Crippen LogP contribution in [0.3, 0.4) is 0 Å². The monoisotopic (exact) mass is 446 g/mol. The van der Waals surface area contributed by atoms with Crippen LogP contribution in [0.2, 0.25) is 0 Å². The lowest BCUT2D eigenvalue weighted by Gasteiger charge is -2.41. The molecule has 2 aromatic carbocycles. The molecule has 0 radical (unpaired) electrons. The molecule has 0 saturated carbocycles. The van der Waals surface area contributed by atoms with E-state index in [2.05, 4.69) is 23.6 Å². The lowest BCUT2D eigenvalue weighted by molar-refractivity contribution is -0.132. The number of carbonyl (C=O) groups excluding carboxylic acids is 3. The third-order valence-electron chi connectivity index (χ3n) is 6.05. The standard InChI is InChI=1S/C16H17N3O2.C9H9NO2/c1-3-19-12-7-5-4-6-10(12)14-11-8-18(9-13(14)19)16(21)17(2)15(11)20;11-9(10-12)7-6-8-4-2-1-3-5-8/h4-7,11H,3,8-9H2,1-2H3;1-7,12H,(H,10,11)/b;7-6+. The average molecular weight is 447 g/mol. The molecule has 33 heavy (non-hydrogen) atoms. The molecule has 0 spiro atoms. The Kier molecular flexibility index (Phi) is 6.28. The molecule has 170 valence electrons. The second-order valence-electron chi connectivity index (χ2n) is 7.95. The maximum Gasteiger partial charge on any atom is 0.326 e. The quantitative estimate of drug-likeness (QED) is 0.366. The van der Waals surface area contributed by atoms with E-state index in [0.717, 1.165) is 34.3 Å². The predicted octanol–water partition coefficient (Wildman–Crippen LogP) is 3.36. The van der Waals surface area contributed by atoms with Gasteiger partial charge in [-0.1, -0.05) is 48.5 Å². The van der Waals surface area contributed by atoms with E-state index in [1.807, 2.05) is 42.5 Å². The number of likely N-dealkylation sites (N-methyl/N-ethyl adjacent to an activating group) is 1. The number of rotatable bonds is 3. The van der Waals surface area contributed by atoms with Gasteiger partial charge in [-0.3, -0.25) is 19.7 Å². The van der Waals surface area contributed by atoms with Crippen LogP contribution in [0.15, 0.2) is 60.7 Å². The predicted molar refractivity (Wildman–Crippen MR) is 124 cm³/mol. The summed E-state index contributed by atoms with van der Waals surface area (Å²) in [5.74, 6) is -0.843. The minimum Gasteiger partial charge on any atom is -0.343 e. The Hall–Kier alpha value is -3.91. The van der Waals surface area contributed by atoms with Gasteiger partial charge < -0.3 is 9.47 Å². The van der Waals surface area contributed by atoms with Crippen molar-refractivity contribution < 1.29 is 19.6 Å². The highest BCUT2D eigenvalue weighted by Crippen LogP contribution is 2.40. The molecule has 2 aliphatic rings. The van der Waals surface area contributed by atoms with Crippen LogP contribution < -0.4 is 5.48 Å². The van der Waals surface area contributed by atoms with Gasteiger partial charge in [0, 0.05) is 42.8 Å². The zero-order valence-corrected chi connectivity index (χ0v) is 18.6. The first-order chi connectivity index (χ1) is 16.0. The van der Waals surface area contributed by atoms with Crippen LogP contribution in [0.4, 0.5) is 4.79 Å². The summed E-state index contributed by atoms with van der Waals surface area (Å²) < 4.78 is 2.23. The van der Waals surface area contributed by atoms with E-state index in [1.165, 1.54) is 16.5 Å². The van der Waals surface area contributed by atoms with Crippen molar-refractivity contribution in [1.29, 1.82) is 0 Å². The molecular formula is C25H26N4O4. The smallest absolute Gasteiger partial charge is 0.326 e. The first-order valence-electron chi connectivity index (χ1n) is 10.8. The van der Waals surface area contributed by atoms with Gasteiger partial charge in [-0.25, -0.2) is 10.3 Å². The molecule has 3 aromatic rings. The summed E-state index contributed by atoms with van der Waals surface area (Å²) in [6.07, 6.45) is 2.88. The fourth-order valence-electron chi connectivity index (χ4n) is 4.52. The van der Waals surface area contributed by atoms with Crippen molar-refractivity contribution in [3.8, 4) is 0 Å². The number of urea groups is 1. The number of nitrogens with one attached hydrogen (secondary N) is 1. The molecule has 2 bridgehead atoms. The Balaban J connectivity index is 0.000000185. The number of benzene rings is 2. The molecule has 3 heterocycles. The minimum atomic E-state index is -0.529. The van der Waals surface area contributed by atoms with E-state index in [0.29, 0.717) is 13.1 Å². The SMILES string of the molecule is CCn1c2c(c3ccccc31)C1CN(C2)C(=O)N(C)C1=O.O=C(/C=C/c1ccccc1)NO. The Morgan fingerprint density at radius 2 is 1.82 bits per heavy atom. The lowest BCUT2D eigenvalue weighted by Crippen LogP contribution is -2.56. The number of nitrogens with zero attached hydrogens (tertiary/aromatic N) is 3. The first-order valence-corrected chi connectivity index (χ1v) is 10.8. The number of imide groups is 1. The van der Waals surface area contributed by atoms with Gasteiger partial charge in [0.25, 0.3) is 5.91 Å². The lowest BCUT2D eigenvalue weighted by atomic mass is 9.89. The largest absolute Gasteiger partial charge is 0.343 e. The number of fused-ring (bicyclic) bond motifs is 6. The Labute approximate surface area is 191 Å². The topological polar surface area (TPSA) is 94.9 Å². The van der Waals surface area contributed by atoms with Crippen LogP contribution in [-0.4, -0.2) is 51.0 Å². The summed E-state index contributed by atoms with van der Waals surface area (Å²) in [5, 5.41) is 9.31. The van der Waals surface area contributed by atoms with Crippen LogP contribution in [0.1, 0.15) is 29.7 Å². The Morgan fingerprint density at radius 1 is 1.12 bits per heavy atom. The van der Waals surface area contributed by atoms with Crippen LogP contribution in [0.5, 0.6) is 0 Å². The second-order valence-corrected chi connectivity index (χ2v) is 7.95. The second kappa shape index (κ2) is 9.30. The molecule has 8 nitrogen and oxygen atoms in total. The summed E-state index contributed by atoms with van der Waals surface area (Å²) in [6.45, 7) is 4.04. The summed E-state index contributed by atoms with van der Waals surface area (Å²) in [6, 6.07) is 17.4. The Bertz CT molecular complexity index is 1230. The number of carbonyl (C=O) groups is 3. The summed E-state index contributed by atoms with van der Waals surface area (Å²) in [4.78, 5) is 38.3. The number of hydrogen-bond acceptors (Lipinski definition) is 4. The van der Waals surface area contributed by atoms with Gasteiger partial charge in [-0.15, -0.1) is 0 Å². The highest BCUT2D eigenvalue weighted by Gasteiger charge is 2.44. The molecule has 5 rings (SSSR count). The molecule has 8 heteroatoms. The van der Waals surface area contributed by atoms with E-state index >= 15 is 0 Å². The van der Waals surface area contributed by atoms with Gasteiger partial charge in [-0.2, -0.15) is 0 Å². The zero-order chi connectivity index (χ0) is 23.5. The third kappa shape index (κ3) is 4.12. The van der Waals surface area contributed by atoms with Crippen molar-refractivity contribution in [2.75, 3.05) is 13.6 Å². The summed E-state index contributed by atoms with van der Waals surface area (Å²) in [5.41, 5.74) is 5.82. The molecule has 1 atom stereocenters. The number of hydroxylamine groups is 1. The van der Waals surface area contributed by atoms with Crippen LogP contribution in [-0.2, 0) is 22.7 Å². The number of amides is 4. The zero-order valence-electron chi connectivity index (χ0n) is 18.6. The molecule has 0 aliphatic carbocycles.